The Morgan fingerprint density at radius 3 is 2.15 bits per heavy atom. The summed E-state index contributed by atoms with van der Waals surface area (Å²) in [5, 5.41) is 10.5. The Balaban J connectivity index is 2.68. The van der Waals surface area contributed by atoms with E-state index in [1.165, 1.54) is 0 Å². The average Bonchev–Trinajstić information content (AvgIpc) is 2.34. The lowest BCUT2D eigenvalue weighted by Crippen LogP contribution is -2.53. The van der Waals surface area contributed by atoms with E-state index in [9.17, 15) is 5.11 Å². The van der Waals surface area contributed by atoms with E-state index in [0.29, 0.717) is 6.61 Å². The highest BCUT2D eigenvalue weighted by molar-refractivity contribution is 6.74. The summed E-state index contributed by atoms with van der Waals surface area (Å²) in [6.07, 6.45) is -0.879. The van der Waals surface area contributed by atoms with Gasteiger partial charge in [-0.15, -0.1) is 0 Å². The van der Waals surface area contributed by atoms with Crippen LogP contribution in [0.5, 0.6) is 0 Å². The SMILES string of the molecule is CO[C@H]1O[C@H](CO[Si](C)(C)C(C)(C)C)[C@H](C)[C@H](O)[C@@H]1C. The fourth-order valence-corrected chi connectivity index (χ4v) is 3.26. The minimum absolute atomic E-state index is 0.0147. The van der Waals surface area contributed by atoms with E-state index in [2.05, 4.69) is 33.9 Å². The van der Waals surface area contributed by atoms with Crippen molar-refractivity contribution in [3.63, 3.8) is 0 Å². The van der Waals surface area contributed by atoms with Crippen LogP contribution in [0.1, 0.15) is 34.6 Å². The van der Waals surface area contributed by atoms with Crippen molar-refractivity contribution in [2.75, 3.05) is 13.7 Å². The van der Waals surface area contributed by atoms with Gasteiger partial charge in [-0.05, 0) is 18.1 Å². The molecule has 0 amide bonds. The van der Waals surface area contributed by atoms with Crippen LogP contribution in [0.25, 0.3) is 0 Å². The second kappa shape index (κ2) is 6.44. The van der Waals surface area contributed by atoms with Gasteiger partial charge in [-0.2, -0.15) is 0 Å². The minimum atomic E-state index is -1.79. The number of methoxy groups -OCH3 is 1. The Kier molecular flexibility index (Phi) is 5.83. The normalized spacial score (nSPS) is 36.1. The van der Waals surface area contributed by atoms with Gasteiger partial charge < -0.3 is 19.0 Å². The Bertz CT molecular complexity index is 311. The van der Waals surface area contributed by atoms with Gasteiger partial charge in [0, 0.05) is 18.9 Å². The van der Waals surface area contributed by atoms with E-state index >= 15 is 0 Å². The molecule has 120 valence electrons. The van der Waals surface area contributed by atoms with Crippen molar-refractivity contribution in [2.24, 2.45) is 11.8 Å². The minimum Gasteiger partial charge on any atom is -0.414 e. The Hall–Kier alpha value is 0.0569. The van der Waals surface area contributed by atoms with Crippen LogP contribution in [0, 0.1) is 11.8 Å². The lowest BCUT2D eigenvalue weighted by Gasteiger charge is -2.44. The fourth-order valence-electron chi connectivity index (χ4n) is 2.25. The van der Waals surface area contributed by atoms with Crippen molar-refractivity contribution < 1.29 is 19.0 Å². The quantitative estimate of drug-likeness (QED) is 0.811. The highest BCUT2D eigenvalue weighted by Crippen LogP contribution is 2.38. The Labute approximate surface area is 124 Å². The van der Waals surface area contributed by atoms with Crippen LogP contribution in [0.2, 0.25) is 18.1 Å². The summed E-state index contributed by atoms with van der Waals surface area (Å²) in [7, 11) is -0.171. The first-order valence-corrected chi connectivity index (χ1v) is 10.4. The summed E-state index contributed by atoms with van der Waals surface area (Å²) < 4.78 is 17.5. The molecule has 0 aromatic rings. The predicted octanol–water partition coefficient (Wildman–Crippen LogP) is 3.01. The molecule has 0 unspecified atom stereocenters. The molecule has 1 heterocycles. The van der Waals surface area contributed by atoms with Crippen molar-refractivity contribution in [3.05, 3.63) is 0 Å². The van der Waals surface area contributed by atoms with Gasteiger partial charge in [0.2, 0.25) is 0 Å². The first-order chi connectivity index (χ1) is 9.01. The summed E-state index contributed by atoms with van der Waals surface area (Å²) in [4.78, 5) is 0. The molecule has 1 saturated heterocycles. The zero-order valence-electron chi connectivity index (χ0n) is 14.3. The molecule has 1 fully saturated rings. The molecular formula is C15H32O4Si. The molecule has 1 aliphatic rings. The maximum absolute atomic E-state index is 10.3. The molecule has 0 aliphatic carbocycles. The Morgan fingerprint density at radius 1 is 1.15 bits per heavy atom. The second-order valence-corrected chi connectivity index (χ2v) is 12.4. The second-order valence-electron chi connectivity index (χ2n) is 7.56. The first kappa shape index (κ1) is 18.1. The lowest BCUT2D eigenvalue weighted by molar-refractivity contribution is -0.257. The number of ether oxygens (including phenoxy) is 2. The highest BCUT2D eigenvalue weighted by Gasteiger charge is 2.43. The van der Waals surface area contributed by atoms with E-state index in [-0.39, 0.29) is 29.3 Å². The van der Waals surface area contributed by atoms with E-state index in [0.717, 1.165) is 0 Å². The number of aliphatic hydroxyl groups excluding tert-OH is 1. The molecule has 0 spiro atoms. The summed E-state index contributed by atoms with van der Waals surface area (Å²) in [5.41, 5.74) is 0. The molecule has 5 heteroatoms. The summed E-state index contributed by atoms with van der Waals surface area (Å²) in [6, 6.07) is 0. The lowest BCUT2D eigenvalue weighted by atomic mass is 9.86. The molecule has 1 aliphatic heterocycles. The maximum Gasteiger partial charge on any atom is 0.192 e. The third-order valence-electron chi connectivity index (χ3n) is 5.05. The molecule has 20 heavy (non-hydrogen) atoms. The third-order valence-corrected chi connectivity index (χ3v) is 9.55. The number of hydrogen-bond donors (Lipinski definition) is 1. The van der Waals surface area contributed by atoms with E-state index in [1.54, 1.807) is 7.11 Å². The van der Waals surface area contributed by atoms with Gasteiger partial charge in [0.25, 0.3) is 0 Å². The number of hydrogen-bond acceptors (Lipinski definition) is 4. The largest absolute Gasteiger partial charge is 0.414 e. The molecule has 0 aromatic carbocycles. The predicted molar refractivity (Wildman–Crippen MR) is 83.2 cm³/mol. The van der Waals surface area contributed by atoms with Gasteiger partial charge >= 0.3 is 0 Å². The van der Waals surface area contributed by atoms with E-state index < -0.39 is 14.4 Å². The smallest absolute Gasteiger partial charge is 0.192 e. The molecule has 1 N–H and O–H groups in total. The van der Waals surface area contributed by atoms with E-state index in [4.69, 9.17) is 13.9 Å². The average molecular weight is 305 g/mol. The van der Waals surface area contributed by atoms with Crippen LogP contribution < -0.4 is 0 Å². The monoisotopic (exact) mass is 304 g/mol. The summed E-state index contributed by atoms with van der Waals surface area (Å²) in [6.45, 7) is 15.6. The van der Waals surface area contributed by atoms with Gasteiger partial charge in [-0.1, -0.05) is 34.6 Å². The van der Waals surface area contributed by atoms with Gasteiger partial charge in [0.05, 0.1) is 18.8 Å². The van der Waals surface area contributed by atoms with Crippen molar-refractivity contribution in [3.8, 4) is 0 Å². The van der Waals surface area contributed by atoms with Gasteiger partial charge in [0.15, 0.2) is 14.6 Å². The zero-order chi connectivity index (χ0) is 15.7. The molecule has 4 nitrogen and oxygen atoms in total. The summed E-state index contributed by atoms with van der Waals surface area (Å²) >= 11 is 0. The van der Waals surface area contributed by atoms with Crippen LogP contribution in [0.4, 0.5) is 0 Å². The fraction of sp³-hybridized carbons (Fsp3) is 1.00. The van der Waals surface area contributed by atoms with Crippen LogP contribution in [-0.2, 0) is 13.9 Å². The van der Waals surface area contributed by atoms with Gasteiger partial charge in [-0.3, -0.25) is 0 Å². The van der Waals surface area contributed by atoms with Crippen molar-refractivity contribution >= 4 is 8.32 Å². The standard InChI is InChI=1S/C15H32O4Si/c1-10-12(9-18-20(7,8)15(3,4)5)19-14(17-6)11(2)13(10)16/h10-14,16H,9H2,1-8H3/t10-,11-,12+,13-,14-/m0/s1. The van der Waals surface area contributed by atoms with Gasteiger partial charge in [0.1, 0.15) is 0 Å². The molecule has 1 rings (SSSR count). The molecule has 0 radical (unpaired) electrons. The molecule has 0 saturated carbocycles. The third kappa shape index (κ3) is 3.83. The Morgan fingerprint density at radius 2 is 1.70 bits per heavy atom. The maximum atomic E-state index is 10.3. The zero-order valence-corrected chi connectivity index (χ0v) is 15.3. The number of rotatable bonds is 4. The van der Waals surface area contributed by atoms with Crippen LogP contribution in [-0.4, -0.2) is 45.6 Å². The first-order valence-electron chi connectivity index (χ1n) is 7.51. The van der Waals surface area contributed by atoms with Crippen LogP contribution >= 0.6 is 0 Å². The molecule has 0 bridgehead atoms. The van der Waals surface area contributed by atoms with Crippen molar-refractivity contribution in [1.82, 2.24) is 0 Å². The van der Waals surface area contributed by atoms with Gasteiger partial charge in [-0.25, -0.2) is 0 Å². The van der Waals surface area contributed by atoms with Crippen molar-refractivity contribution in [1.29, 1.82) is 0 Å². The molecule has 0 aromatic heterocycles. The topological polar surface area (TPSA) is 47.9 Å². The van der Waals surface area contributed by atoms with E-state index in [1.807, 2.05) is 13.8 Å². The van der Waals surface area contributed by atoms with Crippen LogP contribution in [0.3, 0.4) is 0 Å². The number of aliphatic hydroxyl groups is 1. The summed E-state index contributed by atoms with van der Waals surface area (Å²) in [5.74, 6) is 0.0419. The van der Waals surface area contributed by atoms with Crippen molar-refractivity contribution in [2.45, 2.75) is 71.2 Å². The van der Waals surface area contributed by atoms with Crippen LogP contribution in [0.15, 0.2) is 0 Å². The highest BCUT2D eigenvalue weighted by atomic mass is 28.4. The molecular weight excluding hydrogens is 272 g/mol. The molecule has 5 atom stereocenters.